The lowest BCUT2D eigenvalue weighted by atomic mass is 10.0. The molecule has 18 heavy (non-hydrogen) atoms. The predicted molar refractivity (Wildman–Crippen MR) is 68.3 cm³/mol. The molecule has 1 unspecified atom stereocenters. The Morgan fingerprint density at radius 3 is 2.72 bits per heavy atom. The van der Waals surface area contributed by atoms with E-state index >= 15 is 0 Å². The van der Waals surface area contributed by atoms with Gasteiger partial charge < -0.3 is 15.3 Å². The summed E-state index contributed by atoms with van der Waals surface area (Å²) in [7, 11) is 0. The minimum atomic E-state index is -0.760. The number of fused-ring (bicyclic) bond motifs is 2. The number of piperidine rings is 1. The SMILES string of the molecule is O=C(O)N1C[C@H]2C[C@@H]1CC2NCc1ccccc1. The zero-order chi connectivity index (χ0) is 12.5. The van der Waals surface area contributed by atoms with Gasteiger partial charge in [-0.2, -0.15) is 0 Å². The smallest absolute Gasteiger partial charge is 0.407 e. The summed E-state index contributed by atoms with van der Waals surface area (Å²) in [4.78, 5) is 12.6. The Morgan fingerprint density at radius 2 is 2.11 bits per heavy atom. The lowest BCUT2D eigenvalue weighted by Crippen LogP contribution is -2.45. The molecule has 4 nitrogen and oxygen atoms in total. The minimum absolute atomic E-state index is 0.237. The molecular weight excluding hydrogens is 228 g/mol. The number of likely N-dealkylation sites (tertiary alicyclic amines) is 1. The second-order valence-electron chi connectivity index (χ2n) is 5.29. The second kappa shape index (κ2) is 4.61. The first-order chi connectivity index (χ1) is 8.74. The van der Waals surface area contributed by atoms with Gasteiger partial charge in [0.2, 0.25) is 0 Å². The first-order valence-electron chi connectivity index (χ1n) is 6.51. The molecule has 1 aromatic carbocycles. The van der Waals surface area contributed by atoms with Crippen LogP contribution >= 0.6 is 0 Å². The van der Waals surface area contributed by atoms with E-state index in [4.69, 9.17) is 5.11 Å². The maximum Gasteiger partial charge on any atom is 0.407 e. The number of carboxylic acid groups (broad SMARTS) is 1. The fraction of sp³-hybridized carbons (Fsp3) is 0.500. The third kappa shape index (κ3) is 2.08. The Hall–Kier alpha value is -1.55. The van der Waals surface area contributed by atoms with Crippen LogP contribution in [-0.4, -0.2) is 34.7 Å². The van der Waals surface area contributed by atoms with Crippen molar-refractivity contribution < 1.29 is 9.90 Å². The Morgan fingerprint density at radius 1 is 1.33 bits per heavy atom. The van der Waals surface area contributed by atoms with Crippen LogP contribution in [0.15, 0.2) is 30.3 Å². The summed E-state index contributed by atoms with van der Waals surface area (Å²) in [5.74, 6) is 0.495. The van der Waals surface area contributed by atoms with Gasteiger partial charge in [0.1, 0.15) is 0 Å². The summed E-state index contributed by atoms with van der Waals surface area (Å²) in [6, 6.07) is 11.1. The molecule has 2 aliphatic rings. The van der Waals surface area contributed by atoms with Crippen LogP contribution in [0.2, 0.25) is 0 Å². The highest BCUT2D eigenvalue weighted by Crippen LogP contribution is 2.37. The summed E-state index contributed by atoms with van der Waals surface area (Å²) >= 11 is 0. The Kier molecular flexibility index (Phi) is 2.96. The number of amides is 1. The average molecular weight is 246 g/mol. The van der Waals surface area contributed by atoms with Crippen LogP contribution in [-0.2, 0) is 6.54 Å². The van der Waals surface area contributed by atoms with Crippen molar-refractivity contribution in [2.24, 2.45) is 5.92 Å². The summed E-state index contributed by atoms with van der Waals surface area (Å²) in [5.41, 5.74) is 1.29. The van der Waals surface area contributed by atoms with Crippen LogP contribution in [0.1, 0.15) is 18.4 Å². The van der Waals surface area contributed by atoms with E-state index in [1.807, 2.05) is 18.2 Å². The number of rotatable bonds is 3. The van der Waals surface area contributed by atoms with Gasteiger partial charge in [-0.25, -0.2) is 4.79 Å². The second-order valence-corrected chi connectivity index (χ2v) is 5.29. The highest BCUT2D eigenvalue weighted by atomic mass is 16.4. The Balaban J connectivity index is 1.54. The molecule has 1 aliphatic heterocycles. The zero-order valence-electron chi connectivity index (χ0n) is 10.2. The number of carbonyl (C=O) groups is 1. The molecule has 4 heteroatoms. The predicted octanol–water partition coefficient (Wildman–Crippen LogP) is 1.92. The molecular formula is C14H18N2O2. The number of hydrogen-bond donors (Lipinski definition) is 2. The Labute approximate surface area is 107 Å². The van der Waals surface area contributed by atoms with E-state index in [-0.39, 0.29) is 6.04 Å². The monoisotopic (exact) mass is 246 g/mol. The maximum atomic E-state index is 11.0. The van der Waals surface area contributed by atoms with Crippen LogP contribution in [0.3, 0.4) is 0 Å². The van der Waals surface area contributed by atoms with Crippen molar-refractivity contribution in [3.63, 3.8) is 0 Å². The first kappa shape index (κ1) is 11.5. The third-order valence-corrected chi connectivity index (χ3v) is 4.20. The molecule has 2 fully saturated rings. The normalized spacial score (nSPS) is 29.8. The largest absolute Gasteiger partial charge is 0.465 e. The first-order valence-corrected chi connectivity index (χ1v) is 6.51. The lowest BCUT2D eigenvalue weighted by molar-refractivity contribution is 0.124. The molecule has 0 radical (unpaired) electrons. The van der Waals surface area contributed by atoms with Gasteiger partial charge in [0, 0.05) is 25.2 Å². The molecule has 96 valence electrons. The summed E-state index contributed by atoms with van der Waals surface area (Å²) in [5, 5.41) is 12.6. The van der Waals surface area contributed by atoms with E-state index in [9.17, 15) is 4.79 Å². The molecule has 1 saturated carbocycles. The molecule has 1 amide bonds. The molecule has 1 heterocycles. The molecule has 1 saturated heterocycles. The van der Waals surface area contributed by atoms with Crippen molar-refractivity contribution in [2.75, 3.05) is 6.54 Å². The highest BCUT2D eigenvalue weighted by molar-refractivity contribution is 5.66. The van der Waals surface area contributed by atoms with E-state index in [0.29, 0.717) is 18.5 Å². The molecule has 1 aliphatic carbocycles. The van der Waals surface area contributed by atoms with E-state index in [2.05, 4.69) is 17.4 Å². The molecule has 3 atom stereocenters. The van der Waals surface area contributed by atoms with E-state index in [1.165, 1.54) is 5.56 Å². The molecule has 2 bridgehead atoms. The Bertz CT molecular complexity index is 435. The van der Waals surface area contributed by atoms with Gasteiger partial charge in [-0.3, -0.25) is 0 Å². The van der Waals surface area contributed by atoms with Crippen LogP contribution in [0.4, 0.5) is 4.79 Å². The van der Waals surface area contributed by atoms with E-state index in [1.54, 1.807) is 4.90 Å². The third-order valence-electron chi connectivity index (χ3n) is 4.20. The molecule has 0 aromatic heterocycles. The van der Waals surface area contributed by atoms with Gasteiger partial charge in [0.25, 0.3) is 0 Å². The van der Waals surface area contributed by atoms with Crippen LogP contribution in [0.5, 0.6) is 0 Å². The van der Waals surface area contributed by atoms with Crippen molar-refractivity contribution >= 4 is 6.09 Å². The van der Waals surface area contributed by atoms with Gasteiger partial charge >= 0.3 is 6.09 Å². The average Bonchev–Trinajstić information content (AvgIpc) is 2.97. The molecule has 1 aromatic rings. The topological polar surface area (TPSA) is 52.6 Å². The van der Waals surface area contributed by atoms with Crippen LogP contribution in [0.25, 0.3) is 0 Å². The summed E-state index contributed by atoms with van der Waals surface area (Å²) in [6.45, 7) is 1.58. The quantitative estimate of drug-likeness (QED) is 0.856. The number of nitrogens with zero attached hydrogens (tertiary/aromatic N) is 1. The highest BCUT2D eigenvalue weighted by Gasteiger charge is 2.46. The summed E-state index contributed by atoms with van der Waals surface area (Å²) in [6.07, 6.45) is 1.23. The van der Waals surface area contributed by atoms with Crippen molar-refractivity contribution in [3.05, 3.63) is 35.9 Å². The molecule has 0 spiro atoms. The van der Waals surface area contributed by atoms with E-state index < -0.39 is 6.09 Å². The fourth-order valence-corrected chi connectivity index (χ4v) is 3.28. The zero-order valence-corrected chi connectivity index (χ0v) is 10.2. The van der Waals surface area contributed by atoms with Crippen LogP contribution < -0.4 is 5.32 Å². The lowest BCUT2D eigenvalue weighted by Gasteiger charge is -2.30. The van der Waals surface area contributed by atoms with Crippen molar-refractivity contribution in [2.45, 2.75) is 31.5 Å². The van der Waals surface area contributed by atoms with Crippen molar-refractivity contribution in [3.8, 4) is 0 Å². The van der Waals surface area contributed by atoms with Gasteiger partial charge in [-0.05, 0) is 24.3 Å². The number of hydrogen-bond acceptors (Lipinski definition) is 2. The van der Waals surface area contributed by atoms with Gasteiger partial charge in [0.15, 0.2) is 0 Å². The number of benzene rings is 1. The number of nitrogens with one attached hydrogen (secondary N) is 1. The van der Waals surface area contributed by atoms with E-state index in [0.717, 1.165) is 19.4 Å². The maximum absolute atomic E-state index is 11.0. The van der Waals surface area contributed by atoms with Gasteiger partial charge in [-0.15, -0.1) is 0 Å². The summed E-state index contributed by atoms with van der Waals surface area (Å²) < 4.78 is 0. The molecule has 3 rings (SSSR count). The fourth-order valence-electron chi connectivity index (χ4n) is 3.28. The van der Waals surface area contributed by atoms with Crippen molar-refractivity contribution in [1.82, 2.24) is 10.2 Å². The molecule has 2 N–H and O–H groups in total. The minimum Gasteiger partial charge on any atom is -0.465 e. The van der Waals surface area contributed by atoms with Crippen LogP contribution in [0, 0.1) is 5.92 Å². The standard InChI is InChI=1S/C14H18N2O2/c17-14(18)16-9-11-6-12(16)7-13(11)15-8-10-4-2-1-3-5-10/h1-5,11-13,15H,6-9H2,(H,17,18)/t11-,12-,13?/m1/s1. The van der Waals surface area contributed by atoms with Gasteiger partial charge in [0.05, 0.1) is 0 Å². The van der Waals surface area contributed by atoms with Gasteiger partial charge in [-0.1, -0.05) is 30.3 Å². The van der Waals surface area contributed by atoms with Crippen molar-refractivity contribution in [1.29, 1.82) is 0 Å².